The topological polar surface area (TPSA) is 50.4 Å². The lowest BCUT2D eigenvalue weighted by Crippen LogP contribution is -2.50. The zero-order valence-corrected chi connectivity index (χ0v) is 14.5. The van der Waals surface area contributed by atoms with Gasteiger partial charge in [-0.1, -0.05) is 24.5 Å². The molecule has 2 aliphatic rings. The van der Waals surface area contributed by atoms with E-state index < -0.39 is 11.4 Å². The Morgan fingerprint density at radius 2 is 2.13 bits per heavy atom. The second kappa shape index (κ2) is 5.85. The lowest BCUT2D eigenvalue weighted by molar-refractivity contribution is -0.159. The largest absolute Gasteiger partial charge is 0.481 e. The van der Waals surface area contributed by atoms with Crippen LogP contribution in [0.2, 0.25) is 0 Å². The minimum atomic E-state index is -0.609. The Kier molecular flexibility index (Phi) is 4.16. The maximum Gasteiger partial charge on any atom is 0.309 e. The van der Waals surface area contributed by atoms with E-state index in [9.17, 15) is 9.90 Å². The zero-order valence-electron chi connectivity index (χ0n) is 14.5. The van der Waals surface area contributed by atoms with Crippen LogP contribution in [0.25, 0.3) is 0 Å². The Hall–Kier alpha value is -1.51. The van der Waals surface area contributed by atoms with Crippen molar-refractivity contribution in [3.63, 3.8) is 0 Å². The van der Waals surface area contributed by atoms with Gasteiger partial charge in [0.1, 0.15) is 0 Å². The lowest BCUT2D eigenvalue weighted by atomic mass is 9.49. The molecule has 1 heterocycles. The van der Waals surface area contributed by atoms with Crippen LogP contribution in [0.1, 0.15) is 64.9 Å². The van der Waals surface area contributed by atoms with Crippen LogP contribution >= 0.6 is 0 Å². The summed E-state index contributed by atoms with van der Waals surface area (Å²) in [4.78, 5) is 12.0. The van der Waals surface area contributed by atoms with Crippen LogP contribution in [-0.4, -0.2) is 11.1 Å². The van der Waals surface area contributed by atoms with Crippen molar-refractivity contribution in [2.75, 3.05) is 0 Å². The van der Waals surface area contributed by atoms with E-state index in [2.05, 4.69) is 13.8 Å². The molecular formula is C20H28O3. The minimum absolute atomic E-state index is 0.0391. The molecule has 3 nitrogen and oxygen atoms in total. The average molecular weight is 316 g/mol. The summed E-state index contributed by atoms with van der Waals surface area (Å²) in [5.74, 6) is -0.355. The number of aliphatic carboxylic acids is 1. The standard InChI is InChI=1S/C20H28O3/c1-14-5-8-17-19(2,10-4-11-20(17,3)18(21)22)16(14)7-6-15-9-12-23-13-15/h9,12-13,17H,4-8,10-11H2,1-3H3,(H,21,22)/t17-,19-,20+/m1/s1. The van der Waals surface area contributed by atoms with Crippen molar-refractivity contribution < 1.29 is 14.3 Å². The SMILES string of the molecule is CC1=C(CCc2ccoc2)[C@@]2(C)CCC[C@](C)(C(=O)O)[C@@H]2CC1. The molecule has 1 aromatic rings. The van der Waals surface area contributed by atoms with Gasteiger partial charge in [0.15, 0.2) is 0 Å². The summed E-state index contributed by atoms with van der Waals surface area (Å²) in [5, 5.41) is 9.85. The molecule has 0 radical (unpaired) electrons. The molecule has 1 aromatic heterocycles. The number of hydrogen-bond acceptors (Lipinski definition) is 2. The van der Waals surface area contributed by atoms with Gasteiger partial charge in [-0.25, -0.2) is 0 Å². The minimum Gasteiger partial charge on any atom is -0.481 e. The molecule has 0 amide bonds. The van der Waals surface area contributed by atoms with Crippen LogP contribution < -0.4 is 0 Å². The van der Waals surface area contributed by atoms with Crippen LogP contribution in [-0.2, 0) is 11.2 Å². The van der Waals surface area contributed by atoms with Gasteiger partial charge in [-0.15, -0.1) is 0 Å². The average Bonchev–Trinajstić information content (AvgIpc) is 2.99. The first-order valence-electron chi connectivity index (χ1n) is 8.81. The molecule has 0 bridgehead atoms. The van der Waals surface area contributed by atoms with Crippen molar-refractivity contribution in [2.45, 2.75) is 65.7 Å². The molecule has 0 aromatic carbocycles. The molecule has 126 valence electrons. The number of aryl methyl sites for hydroxylation is 1. The smallest absolute Gasteiger partial charge is 0.309 e. The molecule has 0 saturated heterocycles. The second-order valence-electron chi connectivity index (χ2n) is 7.98. The van der Waals surface area contributed by atoms with E-state index in [0.717, 1.165) is 44.9 Å². The monoisotopic (exact) mass is 316 g/mol. The van der Waals surface area contributed by atoms with E-state index in [1.54, 1.807) is 6.26 Å². The van der Waals surface area contributed by atoms with E-state index in [0.29, 0.717) is 0 Å². The van der Waals surface area contributed by atoms with Gasteiger partial charge in [0.25, 0.3) is 0 Å². The van der Waals surface area contributed by atoms with Crippen LogP contribution in [0.3, 0.4) is 0 Å². The van der Waals surface area contributed by atoms with Gasteiger partial charge in [-0.2, -0.15) is 0 Å². The predicted octanol–water partition coefficient (Wildman–Crippen LogP) is 5.22. The molecule has 1 N–H and O–H groups in total. The van der Waals surface area contributed by atoms with Gasteiger partial charge in [0.2, 0.25) is 0 Å². The molecule has 3 heteroatoms. The first-order valence-corrected chi connectivity index (χ1v) is 8.81. The van der Waals surface area contributed by atoms with E-state index in [1.807, 2.05) is 19.3 Å². The highest BCUT2D eigenvalue weighted by molar-refractivity contribution is 5.75. The molecule has 1 fully saturated rings. The molecule has 23 heavy (non-hydrogen) atoms. The van der Waals surface area contributed by atoms with Crippen molar-refractivity contribution in [2.24, 2.45) is 16.7 Å². The zero-order chi connectivity index (χ0) is 16.7. The number of rotatable bonds is 4. The van der Waals surface area contributed by atoms with Crippen LogP contribution in [0, 0.1) is 16.7 Å². The number of fused-ring (bicyclic) bond motifs is 1. The molecule has 0 spiro atoms. The number of hydrogen-bond donors (Lipinski definition) is 1. The second-order valence-corrected chi connectivity index (χ2v) is 7.98. The molecule has 3 atom stereocenters. The fourth-order valence-electron chi connectivity index (χ4n) is 5.33. The summed E-state index contributed by atoms with van der Waals surface area (Å²) >= 11 is 0. The van der Waals surface area contributed by atoms with Crippen molar-refractivity contribution in [1.29, 1.82) is 0 Å². The summed E-state index contributed by atoms with van der Waals surface area (Å²) in [7, 11) is 0. The highest BCUT2D eigenvalue weighted by atomic mass is 16.4. The predicted molar refractivity (Wildman–Crippen MR) is 90.2 cm³/mol. The van der Waals surface area contributed by atoms with E-state index in [-0.39, 0.29) is 11.3 Å². The molecular weight excluding hydrogens is 288 g/mol. The first kappa shape index (κ1) is 16.4. The van der Waals surface area contributed by atoms with Crippen LogP contribution in [0.5, 0.6) is 0 Å². The molecule has 0 aliphatic heterocycles. The lowest BCUT2D eigenvalue weighted by Gasteiger charge is -2.54. The Labute approximate surface area is 138 Å². The maximum absolute atomic E-state index is 12.0. The summed E-state index contributed by atoms with van der Waals surface area (Å²) in [6.45, 7) is 6.55. The van der Waals surface area contributed by atoms with Crippen molar-refractivity contribution in [3.05, 3.63) is 35.3 Å². The van der Waals surface area contributed by atoms with Crippen LogP contribution in [0.15, 0.2) is 34.2 Å². The first-order chi connectivity index (χ1) is 10.9. The van der Waals surface area contributed by atoms with E-state index in [4.69, 9.17) is 4.42 Å². The quantitative estimate of drug-likeness (QED) is 0.775. The summed E-state index contributed by atoms with van der Waals surface area (Å²) < 4.78 is 5.18. The van der Waals surface area contributed by atoms with Gasteiger partial charge >= 0.3 is 5.97 Å². The third-order valence-corrected chi connectivity index (χ3v) is 6.68. The highest BCUT2D eigenvalue weighted by Gasteiger charge is 2.55. The normalized spacial score (nSPS) is 34.3. The third kappa shape index (κ3) is 2.64. The van der Waals surface area contributed by atoms with Crippen molar-refractivity contribution in [3.8, 4) is 0 Å². The van der Waals surface area contributed by atoms with Crippen molar-refractivity contribution in [1.82, 2.24) is 0 Å². The fraction of sp³-hybridized carbons (Fsp3) is 0.650. The third-order valence-electron chi connectivity index (χ3n) is 6.68. The number of allylic oxidation sites excluding steroid dienone is 2. The van der Waals surface area contributed by atoms with Gasteiger partial charge < -0.3 is 9.52 Å². The Morgan fingerprint density at radius 3 is 2.78 bits per heavy atom. The molecule has 1 saturated carbocycles. The molecule has 2 aliphatic carbocycles. The number of carbonyl (C=O) groups is 1. The van der Waals surface area contributed by atoms with Gasteiger partial charge in [-0.05, 0) is 75.3 Å². The maximum atomic E-state index is 12.0. The summed E-state index contributed by atoms with van der Waals surface area (Å²) in [5.41, 5.74) is 3.70. The van der Waals surface area contributed by atoms with Gasteiger partial charge in [0.05, 0.1) is 17.9 Å². The van der Waals surface area contributed by atoms with Gasteiger partial charge in [0, 0.05) is 0 Å². The fourth-order valence-corrected chi connectivity index (χ4v) is 5.33. The molecule has 3 rings (SSSR count). The summed E-state index contributed by atoms with van der Waals surface area (Å²) in [6.07, 6.45) is 10.6. The Morgan fingerprint density at radius 1 is 1.35 bits per heavy atom. The summed E-state index contributed by atoms with van der Waals surface area (Å²) in [6, 6.07) is 2.03. The Bertz CT molecular complexity index is 613. The van der Waals surface area contributed by atoms with Gasteiger partial charge in [-0.3, -0.25) is 4.79 Å². The number of furan rings is 1. The molecule has 0 unspecified atom stereocenters. The van der Waals surface area contributed by atoms with Crippen molar-refractivity contribution >= 4 is 5.97 Å². The number of carboxylic acid groups (broad SMARTS) is 1. The van der Waals surface area contributed by atoms with Crippen LogP contribution in [0.4, 0.5) is 0 Å². The van der Waals surface area contributed by atoms with E-state index >= 15 is 0 Å². The Balaban J connectivity index is 1.90. The van der Waals surface area contributed by atoms with E-state index in [1.165, 1.54) is 16.7 Å². The highest BCUT2D eigenvalue weighted by Crippen LogP contribution is 2.60. The number of carboxylic acids is 1.